The first-order valence-electron chi connectivity index (χ1n) is 12.4. The molecule has 1 atom stereocenters. The molecule has 0 saturated carbocycles. The van der Waals surface area contributed by atoms with Crippen LogP contribution in [0.1, 0.15) is 30.4 Å². The molecular formula is C30H33ClN4. The van der Waals surface area contributed by atoms with Crippen molar-refractivity contribution in [2.75, 3.05) is 50.1 Å². The van der Waals surface area contributed by atoms with E-state index in [9.17, 15) is 0 Å². The standard InChI is InChI=1S/C30H33ClN4/c1-22-30(24-11-15-26(16-12-24)33(2)3)28(23-9-13-25(31)14-10-23)21-29(32-22)35-19-17-34(18-20-35)27-7-5-4-6-8-27/h4-16,28H,17-21H2,1-3H3. The first kappa shape index (κ1) is 23.5. The van der Waals surface area contributed by atoms with Crippen LogP contribution in [0.3, 0.4) is 0 Å². The van der Waals surface area contributed by atoms with E-state index in [1.54, 1.807) is 0 Å². The molecule has 4 nitrogen and oxygen atoms in total. The fourth-order valence-electron chi connectivity index (χ4n) is 5.23. The summed E-state index contributed by atoms with van der Waals surface area (Å²) in [6, 6.07) is 27.9. The summed E-state index contributed by atoms with van der Waals surface area (Å²) in [5.41, 5.74) is 7.45. The van der Waals surface area contributed by atoms with E-state index in [2.05, 4.69) is 102 Å². The Labute approximate surface area is 214 Å². The maximum absolute atomic E-state index is 6.24. The van der Waals surface area contributed by atoms with Crippen LogP contribution < -0.4 is 9.80 Å². The Morgan fingerprint density at radius 1 is 0.800 bits per heavy atom. The lowest BCUT2D eigenvalue weighted by Crippen LogP contribution is -2.49. The van der Waals surface area contributed by atoms with Gasteiger partial charge in [-0.1, -0.05) is 54.1 Å². The molecule has 0 aromatic heterocycles. The molecule has 0 spiro atoms. The van der Waals surface area contributed by atoms with Gasteiger partial charge in [0.15, 0.2) is 0 Å². The van der Waals surface area contributed by atoms with Crippen LogP contribution in [0.2, 0.25) is 5.02 Å². The summed E-state index contributed by atoms with van der Waals surface area (Å²) in [5, 5.41) is 0.771. The molecule has 2 aliphatic heterocycles. The Kier molecular flexibility index (Phi) is 6.83. The number of halogens is 1. The third-order valence-corrected chi connectivity index (χ3v) is 7.41. The van der Waals surface area contributed by atoms with Crippen molar-refractivity contribution in [1.82, 2.24) is 4.90 Å². The monoisotopic (exact) mass is 484 g/mol. The summed E-state index contributed by atoms with van der Waals surface area (Å²) >= 11 is 6.24. The molecule has 0 N–H and O–H groups in total. The van der Waals surface area contributed by atoms with Gasteiger partial charge in [-0.05, 0) is 60.0 Å². The maximum Gasteiger partial charge on any atom is 0.105 e. The smallest absolute Gasteiger partial charge is 0.105 e. The van der Waals surface area contributed by atoms with Gasteiger partial charge in [0, 0.05) is 74.7 Å². The molecule has 0 aliphatic carbocycles. The second-order valence-corrected chi connectivity index (χ2v) is 10.0. The largest absolute Gasteiger partial charge is 0.378 e. The summed E-state index contributed by atoms with van der Waals surface area (Å²) in [7, 11) is 4.15. The van der Waals surface area contributed by atoms with E-state index in [0.717, 1.165) is 43.3 Å². The minimum Gasteiger partial charge on any atom is -0.378 e. The van der Waals surface area contributed by atoms with Gasteiger partial charge in [0.2, 0.25) is 0 Å². The molecule has 1 saturated heterocycles. The van der Waals surface area contributed by atoms with E-state index >= 15 is 0 Å². The number of nitrogens with zero attached hydrogens (tertiary/aromatic N) is 4. The Bertz CT molecular complexity index is 1210. The number of rotatable bonds is 4. The normalized spacial score (nSPS) is 18.5. The number of aliphatic imine (C=N–C) groups is 1. The quantitative estimate of drug-likeness (QED) is 0.419. The van der Waals surface area contributed by atoms with Gasteiger partial charge in [0.25, 0.3) is 0 Å². The molecule has 2 aliphatic rings. The molecule has 5 rings (SSSR count). The molecule has 1 unspecified atom stereocenters. The zero-order chi connectivity index (χ0) is 24.4. The number of allylic oxidation sites excluding steroid dienone is 2. The molecule has 35 heavy (non-hydrogen) atoms. The highest BCUT2D eigenvalue weighted by atomic mass is 35.5. The average Bonchev–Trinajstić information content (AvgIpc) is 2.89. The minimum absolute atomic E-state index is 0.247. The van der Waals surface area contributed by atoms with Crippen molar-refractivity contribution in [1.29, 1.82) is 0 Å². The number of piperazine rings is 1. The number of hydrogen-bond acceptors (Lipinski definition) is 4. The molecule has 1 fully saturated rings. The van der Waals surface area contributed by atoms with Crippen molar-refractivity contribution < 1.29 is 0 Å². The lowest BCUT2D eigenvalue weighted by atomic mass is 9.81. The fourth-order valence-corrected chi connectivity index (χ4v) is 5.35. The topological polar surface area (TPSA) is 22.1 Å². The average molecular weight is 485 g/mol. The van der Waals surface area contributed by atoms with E-state index in [1.165, 1.54) is 33.9 Å². The zero-order valence-electron chi connectivity index (χ0n) is 20.8. The summed E-state index contributed by atoms with van der Waals surface area (Å²) in [4.78, 5) is 12.3. The molecule has 5 heteroatoms. The van der Waals surface area contributed by atoms with Crippen molar-refractivity contribution in [3.8, 4) is 0 Å². The third kappa shape index (κ3) is 5.08. The van der Waals surface area contributed by atoms with Crippen molar-refractivity contribution >= 4 is 34.4 Å². The van der Waals surface area contributed by atoms with E-state index in [4.69, 9.17) is 16.6 Å². The van der Waals surface area contributed by atoms with Crippen molar-refractivity contribution in [2.45, 2.75) is 19.3 Å². The van der Waals surface area contributed by atoms with Gasteiger partial charge in [-0.3, -0.25) is 0 Å². The predicted molar refractivity (Wildman–Crippen MR) is 150 cm³/mol. The van der Waals surface area contributed by atoms with E-state index in [-0.39, 0.29) is 5.92 Å². The molecular weight excluding hydrogens is 452 g/mol. The highest BCUT2D eigenvalue weighted by Gasteiger charge is 2.30. The molecule has 0 radical (unpaired) electrons. The molecule has 0 bridgehead atoms. The van der Waals surface area contributed by atoms with E-state index < -0.39 is 0 Å². The number of hydrogen-bond donors (Lipinski definition) is 0. The van der Waals surface area contributed by atoms with Gasteiger partial charge in [-0.25, -0.2) is 4.99 Å². The first-order valence-corrected chi connectivity index (χ1v) is 12.7. The second-order valence-electron chi connectivity index (χ2n) is 9.59. The number of anilines is 2. The van der Waals surface area contributed by atoms with Gasteiger partial charge in [-0.15, -0.1) is 0 Å². The van der Waals surface area contributed by atoms with E-state index in [0.29, 0.717) is 0 Å². The van der Waals surface area contributed by atoms with Crippen LogP contribution in [0, 0.1) is 0 Å². The fraction of sp³-hybridized carbons (Fsp3) is 0.300. The number of para-hydroxylation sites is 1. The lowest BCUT2D eigenvalue weighted by Gasteiger charge is -2.40. The zero-order valence-corrected chi connectivity index (χ0v) is 21.5. The summed E-state index contributed by atoms with van der Waals surface area (Å²) in [6.45, 7) is 6.16. The first-order chi connectivity index (χ1) is 17.0. The van der Waals surface area contributed by atoms with Gasteiger partial charge in [0.1, 0.15) is 5.84 Å². The minimum atomic E-state index is 0.247. The van der Waals surface area contributed by atoms with Crippen molar-refractivity contribution in [3.63, 3.8) is 0 Å². The van der Waals surface area contributed by atoms with Gasteiger partial charge < -0.3 is 14.7 Å². The Hall–Kier alpha value is -3.24. The van der Waals surface area contributed by atoms with Crippen LogP contribution in [0.15, 0.2) is 89.6 Å². The van der Waals surface area contributed by atoms with Crippen LogP contribution in [0.5, 0.6) is 0 Å². The maximum atomic E-state index is 6.24. The number of amidine groups is 1. The van der Waals surface area contributed by atoms with Crippen molar-refractivity contribution in [2.24, 2.45) is 4.99 Å². The van der Waals surface area contributed by atoms with Crippen LogP contribution in [-0.2, 0) is 0 Å². The van der Waals surface area contributed by atoms with Crippen LogP contribution >= 0.6 is 11.6 Å². The van der Waals surface area contributed by atoms with Gasteiger partial charge >= 0.3 is 0 Å². The van der Waals surface area contributed by atoms with Crippen LogP contribution in [-0.4, -0.2) is 51.0 Å². The summed E-state index contributed by atoms with van der Waals surface area (Å²) in [6.07, 6.45) is 0.898. The SMILES string of the molecule is CC1=C(c2ccc(N(C)C)cc2)C(c2ccc(Cl)cc2)CC(N2CCN(c3ccccc3)CC2)=N1. The Balaban J connectivity index is 1.44. The molecule has 0 amide bonds. The summed E-state index contributed by atoms with van der Waals surface area (Å²) < 4.78 is 0. The Morgan fingerprint density at radius 3 is 2.06 bits per heavy atom. The predicted octanol–water partition coefficient (Wildman–Crippen LogP) is 6.55. The lowest BCUT2D eigenvalue weighted by molar-refractivity contribution is 0.376. The van der Waals surface area contributed by atoms with Crippen LogP contribution in [0.4, 0.5) is 11.4 Å². The van der Waals surface area contributed by atoms with E-state index in [1.807, 2.05) is 12.1 Å². The number of benzene rings is 3. The molecule has 3 aromatic carbocycles. The molecule has 180 valence electrons. The highest BCUT2D eigenvalue weighted by molar-refractivity contribution is 6.30. The Morgan fingerprint density at radius 2 is 1.43 bits per heavy atom. The summed E-state index contributed by atoms with van der Waals surface area (Å²) in [5.74, 6) is 1.45. The van der Waals surface area contributed by atoms with Gasteiger partial charge in [-0.2, -0.15) is 0 Å². The third-order valence-electron chi connectivity index (χ3n) is 7.15. The highest BCUT2D eigenvalue weighted by Crippen LogP contribution is 2.42. The second kappa shape index (κ2) is 10.2. The van der Waals surface area contributed by atoms with Crippen LogP contribution in [0.25, 0.3) is 5.57 Å². The van der Waals surface area contributed by atoms with Gasteiger partial charge in [0.05, 0.1) is 0 Å². The molecule has 2 heterocycles. The van der Waals surface area contributed by atoms with Crippen molar-refractivity contribution in [3.05, 3.63) is 101 Å². The molecule has 3 aromatic rings.